The third kappa shape index (κ3) is 4.18. The number of carbonyl (C=O) groups excluding carboxylic acids is 1. The zero-order valence-electron chi connectivity index (χ0n) is 16.3. The number of ether oxygens (including phenoxy) is 1. The summed E-state index contributed by atoms with van der Waals surface area (Å²) in [6.07, 6.45) is 5.43. The Morgan fingerprint density at radius 3 is 2.43 bits per heavy atom. The normalized spacial score (nSPS) is 11.1. The fourth-order valence-corrected chi connectivity index (χ4v) is 3.28. The van der Waals surface area contributed by atoms with Crippen LogP contribution in [0.2, 0.25) is 5.02 Å². The predicted octanol–water partition coefficient (Wildman–Crippen LogP) is 5.61. The summed E-state index contributed by atoms with van der Waals surface area (Å²) in [5.74, 6) is -0.335. The van der Waals surface area contributed by atoms with Crippen molar-refractivity contribution >= 4 is 29.7 Å². The molecular weight excluding hydrogens is 372 g/mol. The molecular formula is C23H23ClN2O2. The number of carbonyl (C=O) groups is 1. The highest BCUT2D eigenvalue weighted by Crippen LogP contribution is 2.22. The highest BCUT2D eigenvalue weighted by atomic mass is 35.5. The Balaban J connectivity index is 1.99. The second kappa shape index (κ2) is 8.89. The van der Waals surface area contributed by atoms with Gasteiger partial charge in [0.1, 0.15) is 5.56 Å². The molecule has 0 aliphatic rings. The van der Waals surface area contributed by atoms with Gasteiger partial charge in [0.25, 0.3) is 0 Å². The molecule has 0 fully saturated rings. The Morgan fingerprint density at radius 2 is 1.79 bits per heavy atom. The number of hydrogen-bond acceptors (Lipinski definition) is 3. The first-order valence-corrected chi connectivity index (χ1v) is 9.68. The van der Waals surface area contributed by atoms with Crippen LogP contribution in [0.5, 0.6) is 0 Å². The molecule has 0 bridgehead atoms. The Morgan fingerprint density at radius 1 is 1.07 bits per heavy atom. The van der Waals surface area contributed by atoms with Gasteiger partial charge in [-0.3, -0.25) is 0 Å². The van der Waals surface area contributed by atoms with Crippen LogP contribution in [0, 0.1) is 0 Å². The second-order valence-electron chi connectivity index (χ2n) is 6.36. The van der Waals surface area contributed by atoms with Gasteiger partial charge >= 0.3 is 5.97 Å². The largest absolute Gasteiger partial charge is 0.465 e. The summed E-state index contributed by atoms with van der Waals surface area (Å²) in [6.45, 7) is 4.01. The average Bonchev–Trinajstić information content (AvgIpc) is 3.11. The van der Waals surface area contributed by atoms with E-state index in [1.165, 1.54) is 7.11 Å². The summed E-state index contributed by atoms with van der Waals surface area (Å²) < 4.78 is 6.83. The van der Waals surface area contributed by atoms with E-state index in [0.717, 1.165) is 33.2 Å². The Bertz CT molecular complexity index is 1000. The molecule has 3 aromatic rings. The van der Waals surface area contributed by atoms with Gasteiger partial charge in [-0.1, -0.05) is 61.9 Å². The van der Waals surface area contributed by atoms with E-state index in [1.807, 2.05) is 73.1 Å². The molecule has 4 nitrogen and oxygen atoms in total. The van der Waals surface area contributed by atoms with Gasteiger partial charge in [-0.05, 0) is 48.2 Å². The number of nitrogens with zero attached hydrogens (tertiary/aromatic N) is 2. The Hall–Kier alpha value is -2.85. The van der Waals surface area contributed by atoms with E-state index in [9.17, 15) is 4.79 Å². The van der Waals surface area contributed by atoms with E-state index in [-0.39, 0.29) is 5.97 Å². The SMILES string of the molecule is CCc1nn(-c2cccc(/C=C/c3ccc(Cl)cc3)c2)c(CC)c1C(=O)OC. The molecule has 0 saturated heterocycles. The van der Waals surface area contributed by atoms with Crippen molar-refractivity contribution in [3.8, 4) is 5.69 Å². The van der Waals surface area contributed by atoms with Crippen molar-refractivity contribution < 1.29 is 9.53 Å². The first-order chi connectivity index (χ1) is 13.6. The molecule has 0 spiro atoms. The zero-order valence-corrected chi connectivity index (χ0v) is 17.0. The van der Waals surface area contributed by atoms with Crippen LogP contribution in [0.4, 0.5) is 0 Å². The number of hydrogen-bond donors (Lipinski definition) is 0. The van der Waals surface area contributed by atoms with Gasteiger partial charge in [0.2, 0.25) is 0 Å². The smallest absolute Gasteiger partial charge is 0.341 e. The van der Waals surface area contributed by atoms with Gasteiger partial charge < -0.3 is 4.74 Å². The third-order valence-corrected chi connectivity index (χ3v) is 4.82. The van der Waals surface area contributed by atoms with Crippen LogP contribution < -0.4 is 0 Å². The minimum Gasteiger partial charge on any atom is -0.465 e. The molecule has 28 heavy (non-hydrogen) atoms. The number of aromatic nitrogens is 2. The van der Waals surface area contributed by atoms with E-state index in [1.54, 1.807) is 0 Å². The van der Waals surface area contributed by atoms with Crippen molar-refractivity contribution in [1.29, 1.82) is 0 Å². The van der Waals surface area contributed by atoms with Gasteiger partial charge in [-0.15, -0.1) is 0 Å². The zero-order chi connectivity index (χ0) is 20.1. The molecule has 2 aromatic carbocycles. The van der Waals surface area contributed by atoms with E-state index in [4.69, 9.17) is 16.3 Å². The quantitative estimate of drug-likeness (QED) is 0.403. The van der Waals surface area contributed by atoms with Gasteiger partial charge in [0, 0.05) is 5.02 Å². The monoisotopic (exact) mass is 394 g/mol. The first-order valence-electron chi connectivity index (χ1n) is 9.30. The predicted molar refractivity (Wildman–Crippen MR) is 114 cm³/mol. The van der Waals surface area contributed by atoms with Crippen LogP contribution in [-0.4, -0.2) is 22.9 Å². The minimum atomic E-state index is -0.335. The Labute approximate surface area is 170 Å². The molecule has 0 aliphatic heterocycles. The topological polar surface area (TPSA) is 44.1 Å². The molecule has 0 unspecified atom stereocenters. The number of aryl methyl sites for hydroxylation is 1. The van der Waals surface area contributed by atoms with E-state index in [2.05, 4.69) is 11.2 Å². The minimum absolute atomic E-state index is 0.335. The lowest BCUT2D eigenvalue weighted by Gasteiger charge is -2.08. The summed E-state index contributed by atoms with van der Waals surface area (Å²) in [5, 5.41) is 5.41. The van der Waals surface area contributed by atoms with Crippen molar-refractivity contribution in [2.45, 2.75) is 26.7 Å². The fraction of sp³-hybridized carbons (Fsp3) is 0.217. The molecule has 0 atom stereocenters. The van der Waals surface area contributed by atoms with E-state index in [0.29, 0.717) is 18.4 Å². The molecule has 0 aliphatic carbocycles. The number of halogens is 1. The van der Waals surface area contributed by atoms with Crippen molar-refractivity contribution in [2.24, 2.45) is 0 Å². The number of esters is 1. The molecule has 3 rings (SSSR count). The number of methoxy groups -OCH3 is 1. The standard InChI is InChI=1S/C23H23ClN2O2/c1-4-20-22(23(27)28-3)21(5-2)26(25-20)19-8-6-7-17(15-19)10-9-16-11-13-18(24)14-12-16/h6-15H,4-5H2,1-3H3/b10-9+. The maximum atomic E-state index is 12.3. The van der Waals surface area contributed by atoms with Crippen LogP contribution in [0.25, 0.3) is 17.8 Å². The highest BCUT2D eigenvalue weighted by Gasteiger charge is 2.23. The van der Waals surface area contributed by atoms with Gasteiger partial charge in [-0.2, -0.15) is 5.10 Å². The molecule has 0 N–H and O–H groups in total. The number of rotatable bonds is 6. The molecule has 1 heterocycles. The van der Waals surface area contributed by atoms with E-state index < -0.39 is 0 Å². The molecule has 0 amide bonds. The van der Waals surface area contributed by atoms with Gasteiger partial charge in [-0.25, -0.2) is 9.48 Å². The fourth-order valence-electron chi connectivity index (χ4n) is 3.16. The van der Waals surface area contributed by atoms with Crippen LogP contribution in [-0.2, 0) is 17.6 Å². The van der Waals surface area contributed by atoms with Gasteiger partial charge in [0.05, 0.1) is 24.2 Å². The molecule has 5 heteroatoms. The van der Waals surface area contributed by atoms with Crippen LogP contribution in [0.1, 0.15) is 46.7 Å². The van der Waals surface area contributed by atoms with E-state index >= 15 is 0 Å². The molecule has 0 radical (unpaired) electrons. The first kappa shape index (κ1) is 19.9. The maximum Gasteiger partial charge on any atom is 0.341 e. The summed E-state index contributed by atoms with van der Waals surface area (Å²) >= 11 is 5.94. The lowest BCUT2D eigenvalue weighted by atomic mass is 10.1. The van der Waals surface area contributed by atoms with Gasteiger partial charge in [0.15, 0.2) is 0 Å². The average molecular weight is 395 g/mol. The second-order valence-corrected chi connectivity index (χ2v) is 6.80. The van der Waals surface area contributed by atoms with Crippen molar-refractivity contribution in [2.75, 3.05) is 7.11 Å². The van der Waals surface area contributed by atoms with Crippen molar-refractivity contribution in [1.82, 2.24) is 9.78 Å². The van der Waals surface area contributed by atoms with Crippen LogP contribution >= 0.6 is 11.6 Å². The van der Waals surface area contributed by atoms with Crippen LogP contribution in [0.15, 0.2) is 48.5 Å². The summed E-state index contributed by atoms with van der Waals surface area (Å²) in [6, 6.07) is 15.8. The lowest BCUT2D eigenvalue weighted by Crippen LogP contribution is -2.08. The van der Waals surface area contributed by atoms with Crippen LogP contribution in [0.3, 0.4) is 0 Å². The summed E-state index contributed by atoms with van der Waals surface area (Å²) in [4.78, 5) is 12.3. The third-order valence-electron chi connectivity index (χ3n) is 4.57. The summed E-state index contributed by atoms with van der Waals surface area (Å²) in [5.41, 5.74) is 5.23. The lowest BCUT2D eigenvalue weighted by molar-refractivity contribution is 0.0598. The molecule has 0 saturated carbocycles. The highest BCUT2D eigenvalue weighted by molar-refractivity contribution is 6.30. The number of benzene rings is 2. The Kier molecular flexibility index (Phi) is 6.32. The van der Waals surface area contributed by atoms with Crippen molar-refractivity contribution in [3.05, 3.63) is 81.6 Å². The maximum absolute atomic E-state index is 12.3. The van der Waals surface area contributed by atoms with Crippen molar-refractivity contribution in [3.63, 3.8) is 0 Å². The molecule has 144 valence electrons. The molecule has 1 aromatic heterocycles. The summed E-state index contributed by atoms with van der Waals surface area (Å²) in [7, 11) is 1.40.